The summed E-state index contributed by atoms with van der Waals surface area (Å²) >= 11 is 0. The maximum Gasteiger partial charge on any atom is 0.253 e. The third-order valence-electron chi connectivity index (χ3n) is 5.58. The van der Waals surface area contributed by atoms with Gasteiger partial charge in [0.05, 0.1) is 4.90 Å². The molecule has 0 bridgehead atoms. The van der Waals surface area contributed by atoms with E-state index in [-0.39, 0.29) is 28.7 Å². The number of benzene rings is 2. The Labute approximate surface area is 180 Å². The first-order valence-electron chi connectivity index (χ1n) is 10.3. The average Bonchev–Trinajstić information content (AvgIpc) is 3.60. The van der Waals surface area contributed by atoms with E-state index in [1.807, 2.05) is 0 Å². The summed E-state index contributed by atoms with van der Waals surface area (Å²) in [6.45, 7) is 0.852. The summed E-state index contributed by atoms with van der Waals surface area (Å²) in [5.41, 5.74) is 1.19. The van der Waals surface area contributed by atoms with Crippen LogP contribution in [0.25, 0.3) is 0 Å². The lowest BCUT2D eigenvalue weighted by molar-refractivity contribution is -0.117. The zero-order valence-corrected chi connectivity index (χ0v) is 17.7. The third-order valence-corrected chi connectivity index (χ3v) is 7.11. The van der Waals surface area contributed by atoms with E-state index in [1.165, 1.54) is 12.1 Å². The van der Waals surface area contributed by atoms with Crippen LogP contribution in [-0.2, 0) is 14.8 Å². The van der Waals surface area contributed by atoms with Gasteiger partial charge in [-0.15, -0.1) is 0 Å². The molecule has 31 heavy (non-hydrogen) atoms. The number of likely N-dealkylation sites (tertiary alicyclic amines) is 1. The summed E-state index contributed by atoms with van der Waals surface area (Å²) in [5, 5.41) is 2.84. The number of nitrogens with zero attached hydrogens (tertiary/aromatic N) is 1. The Bertz CT molecular complexity index is 1060. The van der Waals surface area contributed by atoms with Crippen LogP contribution in [0.1, 0.15) is 36.0 Å². The molecule has 9 heteroatoms. The van der Waals surface area contributed by atoms with Crippen LogP contribution in [0.5, 0.6) is 0 Å². The third kappa shape index (κ3) is 5.29. The van der Waals surface area contributed by atoms with Crippen molar-refractivity contribution in [3.05, 3.63) is 59.9 Å². The van der Waals surface area contributed by atoms with Gasteiger partial charge < -0.3 is 10.2 Å². The minimum Gasteiger partial charge on any atom is -0.339 e. The predicted octanol–water partition coefficient (Wildman–Crippen LogP) is 2.76. The molecule has 1 aliphatic carbocycles. The molecule has 1 heterocycles. The molecule has 0 radical (unpaired) electrons. The van der Waals surface area contributed by atoms with E-state index in [1.54, 1.807) is 29.2 Å². The van der Waals surface area contributed by atoms with Crippen molar-refractivity contribution < 1.29 is 22.4 Å². The lowest BCUT2D eigenvalue weighted by atomic mass is 10.0. The van der Waals surface area contributed by atoms with Crippen molar-refractivity contribution in [2.24, 2.45) is 5.92 Å². The van der Waals surface area contributed by atoms with E-state index in [2.05, 4.69) is 10.0 Å². The molecule has 2 aromatic rings. The molecule has 0 unspecified atom stereocenters. The van der Waals surface area contributed by atoms with Crippen LogP contribution >= 0.6 is 0 Å². The van der Waals surface area contributed by atoms with Crippen LogP contribution in [0, 0.1) is 11.7 Å². The number of carbonyl (C=O) groups is 2. The van der Waals surface area contributed by atoms with Gasteiger partial charge in [0, 0.05) is 36.3 Å². The molecule has 0 atom stereocenters. The quantitative estimate of drug-likeness (QED) is 0.715. The molecule has 2 N–H and O–H groups in total. The van der Waals surface area contributed by atoms with Crippen molar-refractivity contribution in [3.63, 3.8) is 0 Å². The number of amides is 2. The number of hydrogen-bond acceptors (Lipinski definition) is 4. The van der Waals surface area contributed by atoms with Crippen molar-refractivity contribution in [1.29, 1.82) is 0 Å². The van der Waals surface area contributed by atoms with E-state index in [0.29, 0.717) is 37.2 Å². The zero-order valence-electron chi connectivity index (χ0n) is 16.9. The molecule has 2 aliphatic rings. The Balaban J connectivity index is 1.30. The minimum atomic E-state index is -3.74. The molecule has 2 amide bonds. The monoisotopic (exact) mass is 445 g/mol. The van der Waals surface area contributed by atoms with E-state index in [4.69, 9.17) is 0 Å². The van der Waals surface area contributed by atoms with Gasteiger partial charge in [-0.1, -0.05) is 0 Å². The first kappa shape index (κ1) is 21.5. The molecule has 0 spiro atoms. The van der Waals surface area contributed by atoms with Crippen molar-refractivity contribution >= 4 is 27.5 Å². The standard InChI is InChI=1S/C22H24FN3O4S/c23-17-5-9-20(10-6-17)31(29,30)25-19-11-13-26(14-12-19)22(28)16-3-7-18(8-4-16)24-21(27)15-1-2-15/h3-10,15,19,25H,1-2,11-14H2,(H,24,27). The number of carbonyl (C=O) groups excluding carboxylic acids is 2. The highest BCUT2D eigenvalue weighted by molar-refractivity contribution is 7.89. The Morgan fingerprint density at radius 1 is 0.903 bits per heavy atom. The topological polar surface area (TPSA) is 95.6 Å². The molecular formula is C22H24FN3O4S. The second-order valence-corrected chi connectivity index (χ2v) is 9.70. The van der Waals surface area contributed by atoms with Gasteiger partial charge in [0.1, 0.15) is 5.82 Å². The van der Waals surface area contributed by atoms with Crippen molar-refractivity contribution in [2.45, 2.75) is 36.6 Å². The number of anilines is 1. The molecule has 1 saturated carbocycles. The summed E-state index contributed by atoms with van der Waals surface area (Å²) in [6, 6.07) is 11.2. The second-order valence-electron chi connectivity index (χ2n) is 7.98. The lowest BCUT2D eigenvalue weighted by Crippen LogP contribution is -2.46. The molecule has 2 aromatic carbocycles. The molecule has 4 rings (SSSR count). The van der Waals surface area contributed by atoms with Gasteiger partial charge in [0.15, 0.2) is 0 Å². The highest BCUT2D eigenvalue weighted by Gasteiger charge is 2.30. The van der Waals surface area contributed by atoms with E-state index in [9.17, 15) is 22.4 Å². The Morgan fingerprint density at radius 2 is 1.52 bits per heavy atom. The SMILES string of the molecule is O=C(Nc1ccc(C(=O)N2CCC(NS(=O)(=O)c3ccc(F)cc3)CC2)cc1)C1CC1. The van der Waals surface area contributed by atoms with Crippen molar-refractivity contribution in [1.82, 2.24) is 9.62 Å². The number of sulfonamides is 1. The smallest absolute Gasteiger partial charge is 0.253 e. The highest BCUT2D eigenvalue weighted by atomic mass is 32.2. The van der Waals surface area contributed by atoms with Gasteiger partial charge in [-0.2, -0.15) is 0 Å². The first-order chi connectivity index (χ1) is 14.8. The van der Waals surface area contributed by atoms with Gasteiger partial charge in [-0.25, -0.2) is 17.5 Å². The number of hydrogen-bond donors (Lipinski definition) is 2. The van der Waals surface area contributed by atoms with Gasteiger partial charge in [0.2, 0.25) is 15.9 Å². The Kier molecular flexibility index (Phi) is 6.06. The summed E-state index contributed by atoms with van der Waals surface area (Å²) in [7, 11) is -3.74. The molecular weight excluding hydrogens is 421 g/mol. The van der Waals surface area contributed by atoms with Gasteiger partial charge in [0.25, 0.3) is 5.91 Å². The fourth-order valence-corrected chi connectivity index (χ4v) is 4.88. The molecule has 164 valence electrons. The fourth-order valence-electron chi connectivity index (χ4n) is 3.57. The average molecular weight is 446 g/mol. The number of nitrogens with one attached hydrogen (secondary N) is 2. The molecule has 2 fully saturated rings. The molecule has 1 saturated heterocycles. The van der Waals surface area contributed by atoms with Crippen LogP contribution in [0.15, 0.2) is 53.4 Å². The van der Waals surface area contributed by atoms with Crippen LogP contribution in [0.4, 0.5) is 10.1 Å². The zero-order chi connectivity index (χ0) is 22.0. The normalized spacial score (nSPS) is 17.4. The van der Waals surface area contributed by atoms with Crippen LogP contribution < -0.4 is 10.0 Å². The second kappa shape index (κ2) is 8.76. The van der Waals surface area contributed by atoms with Gasteiger partial charge in [-0.05, 0) is 74.2 Å². The fraction of sp³-hybridized carbons (Fsp3) is 0.364. The summed E-state index contributed by atoms with van der Waals surface area (Å²) in [5.74, 6) is -0.490. The Hall–Kier alpha value is -2.78. The summed E-state index contributed by atoms with van der Waals surface area (Å²) in [4.78, 5) is 26.3. The minimum absolute atomic E-state index is 0.0151. The van der Waals surface area contributed by atoms with Gasteiger partial charge in [-0.3, -0.25) is 9.59 Å². The maximum absolute atomic E-state index is 13.0. The van der Waals surface area contributed by atoms with Crippen LogP contribution in [0.2, 0.25) is 0 Å². The molecule has 0 aromatic heterocycles. The van der Waals surface area contributed by atoms with E-state index in [0.717, 1.165) is 25.0 Å². The first-order valence-corrected chi connectivity index (χ1v) is 11.8. The maximum atomic E-state index is 13.0. The molecule has 7 nitrogen and oxygen atoms in total. The van der Waals surface area contributed by atoms with Crippen molar-refractivity contribution in [2.75, 3.05) is 18.4 Å². The highest BCUT2D eigenvalue weighted by Crippen LogP contribution is 2.30. The largest absolute Gasteiger partial charge is 0.339 e. The van der Waals surface area contributed by atoms with E-state index < -0.39 is 15.8 Å². The lowest BCUT2D eigenvalue weighted by Gasteiger charge is -2.32. The number of rotatable bonds is 6. The molecule has 1 aliphatic heterocycles. The Morgan fingerprint density at radius 3 is 2.10 bits per heavy atom. The van der Waals surface area contributed by atoms with Crippen molar-refractivity contribution in [3.8, 4) is 0 Å². The summed E-state index contributed by atoms with van der Waals surface area (Å²) in [6.07, 6.45) is 2.83. The summed E-state index contributed by atoms with van der Waals surface area (Å²) < 4.78 is 40.6. The number of halogens is 1. The van der Waals surface area contributed by atoms with E-state index >= 15 is 0 Å². The van der Waals surface area contributed by atoms with Gasteiger partial charge >= 0.3 is 0 Å². The van der Waals surface area contributed by atoms with Crippen LogP contribution in [0.3, 0.4) is 0 Å². The van der Waals surface area contributed by atoms with Crippen LogP contribution in [-0.4, -0.2) is 44.3 Å². The predicted molar refractivity (Wildman–Crippen MR) is 113 cm³/mol. The number of piperidine rings is 1.